The van der Waals surface area contributed by atoms with E-state index < -0.39 is 0 Å². The van der Waals surface area contributed by atoms with Gasteiger partial charge >= 0.3 is 0 Å². The first-order chi connectivity index (χ1) is 13.8. The standard InChI is InChI=1S/C23H20N2O3/c24-23-14-21(28-25-23)19-11-12-20(26-15-17-7-3-1-4-8-17)22(13-19)27-16-18-9-5-2-6-10-18/h1-14H,15-16H2,(H2,24,25). The molecular weight excluding hydrogens is 352 g/mol. The minimum atomic E-state index is 0.339. The highest BCUT2D eigenvalue weighted by Gasteiger charge is 2.12. The topological polar surface area (TPSA) is 70.5 Å². The molecule has 3 aromatic carbocycles. The first kappa shape index (κ1) is 17.7. The van der Waals surface area contributed by atoms with Gasteiger partial charge in [-0.05, 0) is 29.3 Å². The van der Waals surface area contributed by atoms with Gasteiger partial charge in [0.2, 0.25) is 0 Å². The highest BCUT2D eigenvalue weighted by atomic mass is 16.5. The van der Waals surface area contributed by atoms with Crippen molar-refractivity contribution in [3.8, 4) is 22.8 Å². The van der Waals surface area contributed by atoms with Gasteiger partial charge in [-0.2, -0.15) is 0 Å². The van der Waals surface area contributed by atoms with Crippen LogP contribution in [0, 0.1) is 0 Å². The number of nitrogens with zero attached hydrogens (tertiary/aromatic N) is 1. The molecule has 0 aliphatic heterocycles. The van der Waals surface area contributed by atoms with Gasteiger partial charge < -0.3 is 19.7 Å². The summed E-state index contributed by atoms with van der Waals surface area (Å²) in [5.74, 6) is 2.21. The summed E-state index contributed by atoms with van der Waals surface area (Å²) in [6, 6.07) is 27.3. The first-order valence-corrected chi connectivity index (χ1v) is 8.98. The predicted molar refractivity (Wildman–Crippen MR) is 108 cm³/mol. The maximum absolute atomic E-state index is 6.06. The molecule has 0 aliphatic rings. The van der Waals surface area contributed by atoms with Crippen LogP contribution in [-0.4, -0.2) is 5.16 Å². The molecule has 28 heavy (non-hydrogen) atoms. The van der Waals surface area contributed by atoms with Crippen LogP contribution in [0.25, 0.3) is 11.3 Å². The molecule has 0 aliphatic carbocycles. The molecule has 0 saturated carbocycles. The van der Waals surface area contributed by atoms with Gasteiger partial charge in [0, 0.05) is 11.6 Å². The van der Waals surface area contributed by atoms with Gasteiger partial charge in [-0.15, -0.1) is 0 Å². The van der Waals surface area contributed by atoms with E-state index in [0.29, 0.717) is 36.3 Å². The fourth-order valence-electron chi connectivity index (χ4n) is 2.79. The SMILES string of the molecule is Nc1cc(-c2ccc(OCc3ccccc3)c(OCc3ccccc3)c2)on1. The zero-order valence-electron chi connectivity index (χ0n) is 15.2. The van der Waals surface area contributed by atoms with E-state index in [1.807, 2.05) is 78.9 Å². The van der Waals surface area contributed by atoms with E-state index in [-0.39, 0.29) is 0 Å². The first-order valence-electron chi connectivity index (χ1n) is 8.98. The van der Waals surface area contributed by atoms with Crippen molar-refractivity contribution < 1.29 is 14.0 Å². The number of hydrogen-bond donors (Lipinski definition) is 1. The molecule has 0 unspecified atom stereocenters. The van der Waals surface area contributed by atoms with Gasteiger partial charge in [-0.1, -0.05) is 65.8 Å². The summed E-state index contributed by atoms with van der Waals surface area (Å²) in [6.07, 6.45) is 0. The highest BCUT2D eigenvalue weighted by molar-refractivity contribution is 5.64. The van der Waals surface area contributed by atoms with Crippen molar-refractivity contribution in [2.45, 2.75) is 13.2 Å². The summed E-state index contributed by atoms with van der Waals surface area (Å²) >= 11 is 0. The zero-order valence-corrected chi connectivity index (χ0v) is 15.2. The lowest BCUT2D eigenvalue weighted by Gasteiger charge is -2.14. The van der Waals surface area contributed by atoms with Crippen molar-refractivity contribution in [1.82, 2.24) is 5.16 Å². The predicted octanol–water partition coefficient (Wildman–Crippen LogP) is 5.08. The van der Waals surface area contributed by atoms with Crippen molar-refractivity contribution in [2.75, 3.05) is 5.73 Å². The van der Waals surface area contributed by atoms with Crippen LogP contribution in [0.15, 0.2) is 89.5 Å². The molecule has 0 atom stereocenters. The number of rotatable bonds is 7. The zero-order chi connectivity index (χ0) is 19.2. The summed E-state index contributed by atoms with van der Waals surface area (Å²) in [6.45, 7) is 0.891. The Kier molecular flexibility index (Phi) is 5.24. The maximum Gasteiger partial charge on any atom is 0.169 e. The molecule has 4 rings (SSSR count). The number of ether oxygens (including phenoxy) is 2. The summed E-state index contributed by atoms with van der Waals surface area (Å²) in [5, 5.41) is 3.75. The number of aromatic nitrogens is 1. The number of nitrogens with two attached hydrogens (primary N) is 1. The molecule has 0 amide bonds. The Morgan fingerprint density at radius 3 is 1.89 bits per heavy atom. The van der Waals surface area contributed by atoms with E-state index in [2.05, 4.69) is 5.16 Å². The normalized spacial score (nSPS) is 10.6. The fraction of sp³-hybridized carbons (Fsp3) is 0.0870. The number of nitrogen functional groups attached to an aromatic ring is 1. The molecule has 4 aromatic rings. The number of hydrogen-bond acceptors (Lipinski definition) is 5. The highest BCUT2D eigenvalue weighted by Crippen LogP contribution is 2.34. The average molecular weight is 372 g/mol. The van der Waals surface area contributed by atoms with Gasteiger partial charge in [0.1, 0.15) is 13.2 Å². The largest absolute Gasteiger partial charge is 0.485 e. The van der Waals surface area contributed by atoms with Crippen LogP contribution < -0.4 is 15.2 Å². The molecule has 5 nitrogen and oxygen atoms in total. The van der Waals surface area contributed by atoms with Gasteiger partial charge in [0.15, 0.2) is 23.1 Å². The lowest BCUT2D eigenvalue weighted by Crippen LogP contribution is -2.00. The Morgan fingerprint density at radius 1 is 0.714 bits per heavy atom. The lowest BCUT2D eigenvalue weighted by atomic mass is 10.1. The molecule has 1 aromatic heterocycles. The van der Waals surface area contributed by atoms with Crippen molar-refractivity contribution >= 4 is 5.82 Å². The van der Waals surface area contributed by atoms with E-state index in [1.54, 1.807) is 6.07 Å². The smallest absolute Gasteiger partial charge is 0.169 e. The van der Waals surface area contributed by atoms with Crippen LogP contribution in [0.5, 0.6) is 11.5 Å². The maximum atomic E-state index is 6.06. The van der Waals surface area contributed by atoms with Crippen molar-refractivity contribution in [3.05, 3.63) is 96.1 Å². The van der Waals surface area contributed by atoms with Gasteiger partial charge in [0.05, 0.1) is 0 Å². The molecule has 0 radical (unpaired) electrons. The molecule has 2 N–H and O–H groups in total. The summed E-state index contributed by atoms with van der Waals surface area (Å²) < 4.78 is 17.3. The lowest BCUT2D eigenvalue weighted by molar-refractivity contribution is 0.256. The quantitative estimate of drug-likeness (QED) is 0.490. The molecule has 0 fully saturated rings. The molecule has 0 saturated heterocycles. The summed E-state index contributed by atoms with van der Waals surface area (Å²) in [7, 11) is 0. The van der Waals surface area contributed by atoms with Crippen molar-refractivity contribution in [2.24, 2.45) is 0 Å². The minimum Gasteiger partial charge on any atom is -0.485 e. The van der Waals surface area contributed by atoms with Crippen molar-refractivity contribution in [1.29, 1.82) is 0 Å². The Morgan fingerprint density at radius 2 is 1.32 bits per heavy atom. The molecule has 5 heteroatoms. The van der Waals surface area contributed by atoms with Gasteiger partial charge in [0.25, 0.3) is 0 Å². The second-order valence-corrected chi connectivity index (χ2v) is 6.33. The number of anilines is 1. The van der Waals surface area contributed by atoms with Crippen LogP contribution in [0.1, 0.15) is 11.1 Å². The van der Waals surface area contributed by atoms with E-state index >= 15 is 0 Å². The van der Waals surface area contributed by atoms with Crippen LogP contribution >= 0.6 is 0 Å². The van der Waals surface area contributed by atoms with Gasteiger partial charge in [-0.3, -0.25) is 0 Å². The fourth-order valence-corrected chi connectivity index (χ4v) is 2.79. The number of benzene rings is 3. The van der Waals surface area contributed by atoms with Crippen molar-refractivity contribution in [3.63, 3.8) is 0 Å². The van der Waals surface area contributed by atoms with Crippen LogP contribution in [0.2, 0.25) is 0 Å². The van der Waals surface area contributed by atoms with E-state index in [4.69, 9.17) is 19.7 Å². The third-order valence-corrected chi connectivity index (χ3v) is 4.23. The van der Waals surface area contributed by atoms with Crippen LogP contribution in [-0.2, 0) is 13.2 Å². The minimum absolute atomic E-state index is 0.339. The second kappa shape index (κ2) is 8.31. The monoisotopic (exact) mass is 372 g/mol. The van der Waals surface area contributed by atoms with E-state index in [9.17, 15) is 0 Å². The Labute approximate surface area is 163 Å². The molecular formula is C23H20N2O3. The Balaban J connectivity index is 1.58. The summed E-state index contributed by atoms with van der Waals surface area (Å²) in [4.78, 5) is 0. The third kappa shape index (κ3) is 4.32. The molecule has 0 bridgehead atoms. The van der Waals surface area contributed by atoms with Crippen LogP contribution in [0.4, 0.5) is 5.82 Å². The van der Waals surface area contributed by atoms with E-state index in [1.165, 1.54) is 0 Å². The second-order valence-electron chi connectivity index (χ2n) is 6.33. The molecule has 1 heterocycles. The molecule has 140 valence electrons. The Bertz CT molecular complexity index is 1030. The summed E-state index contributed by atoms with van der Waals surface area (Å²) in [5.41, 5.74) is 8.65. The molecule has 0 spiro atoms. The van der Waals surface area contributed by atoms with E-state index in [0.717, 1.165) is 16.7 Å². The van der Waals surface area contributed by atoms with Crippen LogP contribution in [0.3, 0.4) is 0 Å². The third-order valence-electron chi connectivity index (χ3n) is 4.23. The Hall–Kier alpha value is -3.73. The van der Waals surface area contributed by atoms with Gasteiger partial charge in [-0.25, -0.2) is 0 Å². The average Bonchev–Trinajstić information content (AvgIpc) is 3.19.